The van der Waals surface area contributed by atoms with Crippen LogP contribution >= 0.6 is 11.3 Å². The van der Waals surface area contributed by atoms with Crippen molar-refractivity contribution in [3.63, 3.8) is 0 Å². The Morgan fingerprint density at radius 3 is 2.37 bits per heavy atom. The number of aromatic nitrogens is 1. The van der Waals surface area contributed by atoms with Gasteiger partial charge in [-0.2, -0.15) is 0 Å². The topological polar surface area (TPSA) is 43.1 Å². The average Bonchev–Trinajstić information content (AvgIpc) is 3.23. The van der Waals surface area contributed by atoms with Gasteiger partial charge >= 0.3 is 5.63 Å². The van der Waals surface area contributed by atoms with E-state index in [1.54, 1.807) is 11.3 Å². The van der Waals surface area contributed by atoms with Crippen molar-refractivity contribution in [2.24, 2.45) is 0 Å². The van der Waals surface area contributed by atoms with E-state index in [1.165, 1.54) is 0 Å². The van der Waals surface area contributed by atoms with E-state index < -0.39 is 0 Å². The van der Waals surface area contributed by atoms with Crippen LogP contribution in [0, 0.1) is 0 Å². The van der Waals surface area contributed by atoms with Gasteiger partial charge in [-0.15, -0.1) is 11.3 Å². The number of thiazole rings is 1. The van der Waals surface area contributed by atoms with Gasteiger partial charge < -0.3 is 4.42 Å². The van der Waals surface area contributed by atoms with Crippen molar-refractivity contribution in [3.8, 4) is 21.7 Å². The first-order valence-corrected chi connectivity index (χ1v) is 10.5. The van der Waals surface area contributed by atoms with E-state index in [4.69, 9.17) is 9.40 Å². The Hall–Kier alpha value is -3.76. The van der Waals surface area contributed by atoms with Crippen LogP contribution in [0.1, 0.15) is 0 Å². The molecule has 6 rings (SSSR count). The zero-order chi connectivity index (χ0) is 20.1. The van der Waals surface area contributed by atoms with Crippen LogP contribution in [0.4, 0.5) is 0 Å². The number of hydrogen-bond donors (Lipinski definition) is 0. The van der Waals surface area contributed by atoms with Gasteiger partial charge in [-0.25, -0.2) is 9.78 Å². The summed E-state index contributed by atoms with van der Waals surface area (Å²) in [7, 11) is 0. The summed E-state index contributed by atoms with van der Waals surface area (Å²) in [6.07, 6.45) is 0. The summed E-state index contributed by atoms with van der Waals surface area (Å²) < 4.78 is 7.06. The maximum absolute atomic E-state index is 12.9. The summed E-state index contributed by atoms with van der Waals surface area (Å²) in [6.45, 7) is 0. The maximum atomic E-state index is 12.9. The van der Waals surface area contributed by atoms with Crippen molar-refractivity contribution in [1.82, 2.24) is 4.98 Å². The van der Waals surface area contributed by atoms with Gasteiger partial charge in [0, 0.05) is 5.39 Å². The molecule has 0 amide bonds. The SMILES string of the molecule is O=c1oc2c(-c3nc4ccccc4s3)cc3ccccc3c2cc1-c1ccccc1. The molecule has 3 nitrogen and oxygen atoms in total. The molecule has 0 N–H and O–H groups in total. The number of fused-ring (bicyclic) bond motifs is 4. The molecule has 0 bridgehead atoms. The van der Waals surface area contributed by atoms with Gasteiger partial charge in [0.1, 0.15) is 10.6 Å². The molecule has 0 radical (unpaired) electrons. The van der Waals surface area contributed by atoms with Crippen molar-refractivity contribution >= 4 is 43.3 Å². The molecule has 0 spiro atoms. The van der Waals surface area contributed by atoms with Crippen molar-refractivity contribution in [3.05, 3.63) is 101 Å². The molecule has 4 aromatic carbocycles. The van der Waals surface area contributed by atoms with E-state index in [1.807, 2.05) is 66.7 Å². The minimum Gasteiger partial charge on any atom is -0.421 e. The Morgan fingerprint density at radius 1 is 0.733 bits per heavy atom. The number of hydrogen-bond acceptors (Lipinski definition) is 4. The second kappa shape index (κ2) is 6.65. The Kier molecular flexibility index (Phi) is 3.79. The van der Waals surface area contributed by atoms with Crippen LogP contribution in [0.15, 0.2) is 100 Å². The summed E-state index contributed by atoms with van der Waals surface area (Å²) in [5.41, 5.74) is 3.45. The van der Waals surface area contributed by atoms with E-state index in [-0.39, 0.29) is 5.63 Å². The van der Waals surface area contributed by atoms with Crippen molar-refractivity contribution in [2.75, 3.05) is 0 Å². The Bertz CT molecular complexity index is 1580. The summed E-state index contributed by atoms with van der Waals surface area (Å²) in [6, 6.07) is 29.9. The van der Waals surface area contributed by atoms with E-state index in [0.717, 1.165) is 42.5 Å². The van der Waals surface area contributed by atoms with E-state index in [2.05, 4.69) is 24.3 Å². The highest BCUT2D eigenvalue weighted by molar-refractivity contribution is 7.21. The molecule has 4 heteroatoms. The third-order valence-electron chi connectivity index (χ3n) is 5.35. The van der Waals surface area contributed by atoms with Crippen LogP contribution in [0.3, 0.4) is 0 Å². The molecular weight excluding hydrogens is 390 g/mol. The standard InChI is InChI=1S/C26H15NO2S/c28-26-19(16-8-2-1-3-9-16)15-20-18-11-5-4-10-17(18)14-21(24(20)29-26)25-27-22-12-6-7-13-23(22)30-25/h1-15H. The molecule has 0 aliphatic heterocycles. The molecule has 0 saturated carbocycles. The molecule has 6 aromatic rings. The van der Waals surface area contributed by atoms with Gasteiger partial charge in [0.15, 0.2) is 0 Å². The zero-order valence-electron chi connectivity index (χ0n) is 15.8. The molecule has 0 aliphatic rings. The number of rotatable bonds is 2. The summed E-state index contributed by atoms with van der Waals surface area (Å²) in [4.78, 5) is 17.7. The van der Waals surface area contributed by atoms with Crippen LogP contribution in [-0.2, 0) is 0 Å². The second-order valence-corrected chi connectivity index (χ2v) is 8.22. The lowest BCUT2D eigenvalue weighted by molar-refractivity contribution is 0.565. The molecule has 0 fully saturated rings. The summed E-state index contributed by atoms with van der Waals surface area (Å²) in [5.74, 6) is 0. The highest BCUT2D eigenvalue weighted by atomic mass is 32.1. The fourth-order valence-corrected chi connectivity index (χ4v) is 4.90. The highest BCUT2D eigenvalue weighted by Crippen LogP contribution is 2.38. The van der Waals surface area contributed by atoms with Crippen molar-refractivity contribution < 1.29 is 4.42 Å². The lowest BCUT2D eigenvalue weighted by atomic mass is 9.99. The average molecular weight is 405 g/mol. The normalized spacial score (nSPS) is 11.5. The van der Waals surface area contributed by atoms with Crippen molar-refractivity contribution in [2.45, 2.75) is 0 Å². The van der Waals surface area contributed by atoms with E-state index in [9.17, 15) is 4.79 Å². The van der Waals surface area contributed by atoms with Crippen LogP contribution in [0.2, 0.25) is 0 Å². The molecule has 2 aromatic heterocycles. The maximum Gasteiger partial charge on any atom is 0.344 e. The smallest absolute Gasteiger partial charge is 0.344 e. The Morgan fingerprint density at radius 2 is 1.50 bits per heavy atom. The van der Waals surface area contributed by atoms with Gasteiger partial charge in [0.2, 0.25) is 0 Å². The predicted molar refractivity (Wildman–Crippen MR) is 124 cm³/mol. The summed E-state index contributed by atoms with van der Waals surface area (Å²) >= 11 is 1.61. The van der Waals surface area contributed by atoms with Gasteiger partial charge in [-0.1, -0.05) is 66.7 Å². The number of para-hydroxylation sites is 1. The quantitative estimate of drug-likeness (QED) is 0.233. The summed E-state index contributed by atoms with van der Waals surface area (Å²) in [5, 5.41) is 3.91. The minimum absolute atomic E-state index is 0.341. The first-order valence-electron chi connectivity index (χ1n) is 9.69. The van der Waals surface area contributed by atoms with Crippen LogP contribution in [0.25, 0.3) is 53.7 Å². The highest BCUT2D eigenvalue weighted by Gasteiger charge is 2.17. The van der Waals surface area contributed by atoms with Crippen LogP contribution in [-0.4, -0.2) is 4.98 Å². The monoisotopic (exact) mass is 405 g/mol. The third-order valence-corrected chi connectivity index (χ3v) is 6.42. The van der Waals surface area contributed by atoms with Gasteiger partial charge in [-0.05, 0) is 40.6 Å². The number of nitrogens with zero attached hydrogens (tertiary/aromatic N) is 1. The molecule has 0 atom stereocenters. The molecule has 0 saturated heterocycles. The lowest BCUT2D eigenvalue weighted by Gasteiger charge is -2.09. The van der Waals surface area contributed by atoms with Gasteiger partial charge in [0.05, 0.1) is 21.3 Å². The molecule has 142 valence electrons. The number of benzene rings is 4. The molecule has 0 unspecified atom stereocenters. The Labute approximate surface area is 175 Å². The Balaban J connectivity index is 1.73. The van der Waals surface area contributed by atoms with E-state index in [0.29, 0.717) is 11.1 Å². The predicted octanol–water partition coefficient (Wildman–Crippen LogP) is 6.89. The lowest BCUT2D eigenvalue weighted by Crippen LogP contribution is -2.03. The molecule has 0 aliphatic carbocycles. The third kappa shape index (κ3) is 2.65. The fraction of sp³-hybridized carbons (Fsp3) is 0. The molecular formula is C26H15NO2S. The molecule has 2 heterocycles. The van der Waals surface area contributed by atoms with Crippen molar-refractivity contribution in [1.29, 1.82) is 0 Å². The first-order chi connectivity index (χ1) is 14.8. The second-order valence-electron chi connectivity index (χ2n) is 7.19. The zero-order valence-corrected chi connectivity index (χ0v) is 16.6. The first kappa shape index (κ1) is 17.1. The van der Waals surface area contributed by atoms with Crippen LogP contribution in [0.5, 0.6) is 0 Å². The molecule has 30 heavy (non-hydrogen) atoms. The van der Waals surface area contributed by atoms with E-state index >= 15 is 0 Å². The van der Waals surface area contributed by atoms with Crippen LogP contribution < -0.4 is 5.63 Å². The largest absolute Gasteiger partial charge is 0.421 e. The fourth-order valence-electron chi connectivity index (χ4n) is 3.93. The van der Waals surface area contributed by atoms with Gasteiger partial charge in [0.25, 0.3) is 0 Å². The minimum atomic E-state index is -0.341. The van der Waals surface area contributed by atoms with Gasteiger partial charge in [-0.3, -0.25) is 0 Å².